The first-order chi connectivity index (χ1) is 34.3. The molecule has 18 heteroatoms. The molecule has 0 aliphatic carbocycles. The van der Waals surface area contributed by atoms with Gasteiger partial charge in [0, 0.05) is 80.0 Å². The molecule has 1 aliphatic rings. The molecular weight excluding hydrogens is 960 g/mol. The third-order valence-corrected chi connectivity index (χ3v) is 13.4. The maximum Gasteiger partial charge on any atom is 0.271 e. The van der Waals surface area contributed by atoms with Crippen molar-refractivity contribution in [3.63, 3.8) is 0 Å². The largest absolute Gasteiger partial charge is 0.457 e. The number of benzene rings is 4. The molecule has 1 aliphatic heterocycles. The number of likely N-dealkylation sites (N-methyl/N-ethyl adjacent to an activating group) is 2. The van der Waals surface area contributed by atoms with E-state index in [0.29, 0.717) is 38.5 Å². The second kappa shape index (κ2) is 25.1. The van der Waals surface area contributed by atoms with E-state index in [-0.39, 0.29) is 69.1 Å². The first kappa shape index (κ1) is 54.6. The number of carbonyl (C=O) groups excluding carboxylic acids is 6. The van der Waals surface area contributed by atoms with Crippen molar-refractivity contribution < 1.29 is 38.2 Å². The van der Waals surface area contributed by atoms with Gasteiger partial charge in [0.15, 0.2) is 0 Å². The lowest BCUT2D eigenvalue weighted by Crippen LogP contribution is -2.57. The number of aromatic nitrogens is 2. The van der Waals surface area contributed by atoms with E-state index in [4.69, 9.17) is 32.7 Å². The first-order valence-electron chi connectivity index (χ1n) is 23.9. The summed E-state index contributed by atoms with van der Waals surface area (Å²) < 4.78 is 13.7. The van der Waals surface area contributed by atoms with Gasteiger partial charge in [-0.2, -0.15) is 0 Å². The Bertz CT molecular complexity index is 2700. The van der Waals surface area contributed by atoms with Crippen molar-refractivity contribution in [2.75, 3.05) is 34.4 Å². The zero-order valence-electron chi connectivity index (χ0n) is 42.0. The third-order valence-electron chi connectivity index (χ3n) is 12.9. The molecule has 3 N–H and O–H groups in total. The number of nitrogens with zero attached hydrogens (tertiary/aromatic N) is 5. The minimum atomic E-state index is -1.21. The van der Waals surface area contributed by atoms with E-state index in [1.54, 1.807) is 74.4 Å². The summed E-state index contributed by atoms with van der Waals surface area (Å²) in [6, 6.07) is 24.9. The van der Waals surface area contributed by atoms with Gasteiger partial charge in [-0.1, -0.05) is 71.7 Å². The fourth-order valence-electron chi connectivity index (χ4n) is 8.51. The molecule has 2 heterocycles. The van der Waals surface area contributed by atoms with Gasteiger partial charge in [0.2, 0.25) is 29.5 Å². The number of methoxy groups -OCH3 is 1. The zero-order chi connectivity index (χ0) is 52.2. The van der Waals surface area contributed by atoms with E-state index in [1.165, 1.54) is 21.8 Å². The molecule has 1 fully saturated rings. The standard InChI is InChI=1S/C54H64Cl2N8O8/c1-33(2)59-52(68)50-35(4)64(32-58-50)43-20-22-45(23-21-43)72-47-27-42(56)19-16-39(47)30-63-36(5)51(67)60-46(31-71-8)54(70)62(7)44(25-38-14-17-41(55)18-15-38)28-48(65)57-29-34(3)61(6)53(69)40(26-49(63)66)24-37-12-10-9-11-13-37/h9-23,27,32-34,36,40,44,46H,24-26,28-31H2,1-8H3,(H,57,65)(H,59,68)(H,60,67)/t34-,36-,40+,44-,46-/m0/s1. The number of nitrogens with one attached hydrogen (secondary N) is 3. The van der Waals surface area contributed by atoms with Crippen LogP contribution in [-0.2, 0) is 48.1 Å². The lowest BCUT2D eigenvalue weighted by atomic mass is 9.93. The molecule has 6 amide bonds. The predicted molar refractivity (Wildman–Crippen MR) is 276 cm³/mol. The normalized spacial score (nSPS) is 20.0. The van der Waals surface area contributed by atoms with Gasteiger partial charge in [-0.3, -0.25) is 28.8 Å². The van der Waals surface area contributed by atoms with E-state index in [2.05, 4.69) is 20.9 Å². The molecule has 4 aromatic carbocycles. The molecule has 0 unspecified atom stereocenters. The highest BCUT2D eigenvalue weighted by molar-refractivity contribution is 6.31. The molecule has 0 saturated carbocycles. The summed E-state index contributed by atoms with van der Waals surface area (Å²) in [4.78, 5) is 93.9. The van der Waals surface area contributed by atoms with Crippen molar-refractivity contribution in [3.05, 3.63) is 142 Å². The number of carbonyl (C=O) groups is 6. The molecule has 0 bridgehead atoms. The van der Waals surface area contributed by atoms with E-state index >= 15 is 4.79 Å². The molecular formula is C54H64Cl2N8O8. The molecule has 1 saturated heterocycles. The van der Waals surface area contributed by atoms with Crippen molar-refractivity contribution in [2.45, 2.75) is 97.1 Å². The SMILES string of the molecule is COC[C@@H]1NC(=O)[C@H](C)N(Cc2ccc(Cl)cc2Oc2ccc(-n3cnc(C(=O)NC(C)C)c3C)cc2)C(=O)C[C@@H](Cc2ccccc2)C(=O)N(C)[C@@H](C)CNC(=O)C[C@H](Cc2ccc(Cl)cc2)N(C)C1=O. The van der Waals surface area contributed by atoms with Gasteiger partial charge < -0.3 is 44.7 Å². The smallest absolute Gasteiger partial charge is 0.271 e. The highest BCUT2D eigenvalue weighted by atomic mass is 35.5. The Kier molecular flexibility index (Phi) is 19.0. The molecule has 1 aromatic heterocycles. The predicted octanol–water partition coefficient (Wildman–Crippen LogP) is 6.95. The molecule has 16 nitrogen and oxygen atoms in total. The number of hydrogen-bond donors (Lipinski definition) is 3. The summed E-state index contributed by atoms with van der Waals surface area (Å²) in [5.74, 6) is -2.77. The van der Waals surface area contributed by atoms with Gasteiger partial charge in [-0.05, 0) is 107 Å². The van der Waals surface area contributed by atoms with Gasteiger partial charge in [0.05, 0.1) is 24.8 Å². The van der Waals surface area contributed by atoms with Crippen LogP contribution in [0.1, 0.15) is 73.4 Å². The molecule has 0 spiro atoms. The summed E-state index contributed by atoms with van der Waals surface area (Å²) >= 11 is 12.8. The second-order valence-corrected chi connectivity index (χ2v) is 19.4. The molecule has 0 radical (unpaired) electrons. The minimum Gasteiger partial charge on any atom is -0.457 e. The minimum absolute atomic E-state index is 0.0559. The van der Waals surface area contributed by atoms with Gasteiger partial charge in [0.1, 0.15) is 35.6 Å². The van der Waals surface area contributed by atoms with Gasteiger partial charge in [0.25, 0.3) is 5.91 Å². The summed E-state index contributed by atoms with van der Waals surface area (Å²) in [6.45, 7) is 8.67. The maximum atomic E-state index is 15.0. The van der Waals surface area contributed by atoms with Crippen LogP contribution in [0.3, 0.4) is 0 Å². The highest BCUT2D eigenvalue weighted by Crippen LogP contribution is 2.32. The van der Waals surface area contributed by atoms with E-state index in [1.807, 2.05) is 82.3 Å². The number of amides is 6. The van der Waals surface area contributed by atoms with Crippen molar-refractivity contribution in [1.82, 2.24) is 40.2 Å². The zero-order valence-corrected chi connectivity index (χ0v) is 43.5. The molecule has 382 valence electrons. The number of ether oxygens (including phenoxy) is 2. The van der Waals surface area contributed by atoms with E-state index < -0.39 is 47.8 Å². The Morgan fingerprint density at radius 3 is 2.17 bits per heavy atom. The Morgan fingerprint density at radius 2 is 1.50 bits per heavy atom. The number of halogens is 2. The van der Waals surface area contributed by atoms with Crippen molar-refractivity contribution in [3.8, 4) is 17.2 Å². The van der Waals surface area contributed by atoms with E-state index in [0.717, 1.165) is 16.8 Å². The van der Waals surface area contributed by atoms with Gasteiger partial charge in [-0.15, -0.1) is 0 Å². The Hall–Kier alpha value is -6.75. The Balaban J connectivity index is 1.35. The van der Waals surface area contributed by atoms with E-state index in [9.17, 15) is 24.0 Å². The third kappa shape index (κ3) is 14.2. The fourth-order valence-corrected chi connectivity index (χ4v) is 8.79. The Labute approximate surface area is 431 Å². The number of hydrogen-bond acceptors (Lipinski definition) is 9. The maximum absolute atomic E-state index is 15.0. The number of imidazole rings is 1. The topological polar surface area (TPSA) is 185 Å². The molecule has 72 heavy (non-hydrogen) atoms. The van der Waals surface area contributed by atoms with Crippen molar-refractivity contribution >= 4 is 58.6 Å². The van der Waals surface area contributed by atoms with Crippen LogP contribution >= 0.6 is 23.2 Å². The summed E-state index contributed by atoms with van der Waals surface area (Å²) in [6.07, 6.45) is 1.70. The average Bonchev–Trinajstić information content (AvgIpc) is 3.75. The summed E-state index contributed by atoms with van der Waals surface area (Å²) in [5, 5.41) is 9.55. The summed E-state index contributed by atoms with van der Waals surface area (Å²) in [5.41, 5.74) is 3.84. The molecule has 5 atom stereocenters. The lowest BCUT2D eigenvalue weighted by molar-refractivity contribution is -0.147. The van der Waals surface area contributed by atoms with Crippen molar-refractivity contribution in [2.24, 2.45) is 5.92 Å². The number of rotatable bonds is 13. The Morgan fingerprint density at radius 1 is 0.833 bits per heavy atom. The monoisotopic (exact) mass is 1020 g/mol. The average molecular weight is 1020 g/mol. The van der Waals surface area contributed by atoms with Crippen LogP contribution in [0.25, 0.3) is 5.69 Å². The van der Waals surface area contributed by atoms with Crippen LogP contribution in [0.4, 0.5) is 0 Å². The fraction of sp³-hybridized carbons (Fsp3) is 0.389. The van der Waals surface area contributed by atoms with Crippen LogP contribution in [0.2, 0.25) is 10.0 Å². The lowest BCUT2D eigenvalue weighted by Gasteiger charge is -2.35. The van der Waals surface area contributed by atoms with Crippen LogP contribution < -0.4 is 20.7 Å². The van der Waals surface area contributed by atoms with Gasteiger partial charge in [-0.25, -0.2) is 4.98 Å². The van der Waals surface area contributed by atoms with Gasteiger partial charge >= 0.3 is 0 Å². The van der Waals surface area contributed by atoms with Crippen LogP contribution in [0.15, 0.2) is 103 Å². The summed E-state index contributed by atoms with van der Waals surface area (Å²) in [7, 11) is 4.62. The second-order valence-electron chi connectivity index (χ2n) is 18.6. The highest BCUT2D eigenvalue weighted by Gasteiger charge is 2.36. The van der Waals surface area contributed by atoms with Crippen LogP contribution in [0, 0.1) is 12.8 Å². The molecule has 6 rings (SSSR count). The first-order valence-corrected chi connectivity index (χ1v) is 24.7. The quantitative estimate of drug-likeness (QED) is 0.112. The van der Waals surface area contributed by atoms with Crippen molar-refractivity contribution in [1.29, 1.82) is 0 Å². The van der Waals surface area contributed by atoms with Crippen LogP contribution in [-0.4, -0.2) is 124 Å². The molecule has 5 aromatic rings. The van der Waals surface area contributed by atoms with Crippen LogP contribution in [0.5, 0.6) is 11.5 Å².